The summed E-state index contributed by atoms with van der Waals surface area (Å²) in [6.07, 6.45) is 3.71. The standard InChI is InChI=1S/C20H24N2O3.ClH/c1-24-18-6-3-7-19(13-18)25-17-10-8-16(9-11-17)22-20(23)14-4-2-5-15(21)12-14;/h3,6-11,13-15H,2,4-5,12,21H2,1H3,(H,22,23);1H. The van der Waals surface area contributed by atoms with Gasteiger partial charge in [0.2, 0.25) is 5.91 Å². The highest BCUT2D eigenvalue weighted by atomic mass is 35.5. The molecule has 5 nitrogen and oxygen atoms in total. The molecule has 0 aliphatic heterocycles. The predicted octanol–water partition coefficient (Wildman–Crippen LogP) is 4.37. The third-order valence-corrected chi connectivity index (χ3v) is 4.48. The first-order chi connectivity index (χ1) is 12.1. The second kappa shape index (κ2) is 9.46. The molecule has 1 fully saturated rings. The summed E-state index contributed by atoms with van der Waals surface area (Å²) in [5.41, 5.74) is 6.73. The Balaban J connectivity index is 0.00000243. The molecular weight excluding hydrogens is 352 g/mol. The fraction of sp³-hybridized carbons (Fsp3) is 0.350. The van der Waals surface area contributed by atoms with Crippen molar-refractivity contribution < 1.29 is 14.3 Å². The Bertz CT molecular complexity index is 721. The molecule has 2 aromatic carbocycles. The molecule has 140 valence electrons. The number of methoxy groups -OCH3 is 1. The van der Waals surface area contributed by atoms with Crippen LogP contribution in [0.5, 0.6) is 17.2 Å². The maximum absolute atomic E-state index is 12.3. The van der Waals surface area contributed by atoms with E-state index in [-0.39, 0.29) is 30.3 Å². The SMILES string of the molecule is COc1cccc(Oc2ccc(NC(=O)C3CCCC(N)C3)cc2)c1.Cl. The summed E-state index contributed by atoms with van der Waals surface area (Å²) < 4.78 is 11.0. The van der Waals surface area contributed by atoms with E-state index < -0.39 is 0 Å². The van der Waals surface area contributed by atoms with Gasteiger partial charge in [-0.3, -0.25) is 4.79 Å². The summed E-state index contributed by atoms with van der Waals surface area (Å²) in [5.74, 6) is 2.21. The van der Waals surface area contributed by atoms with Crippen LogP contribution in [0.25, 0.3) is 0 Å². The van der Waals surface area contributed by atoms with E-state index in [0.29, 0.717) is 11.5 Å². The number of benzene rings is 2. The quantitative estimate of drug-likeness (QED) is 0.812. The van der Waals surface area contributed by atoms with E-state index in [1.54, 1.807) is 7.11 Å². The molecule has 1 saturated carbocycles. The number of nitrogens with one attached hydrogen (secondary N) is 1. The Hall–Kier alpha value is -2.24. The summed E-state index contributed by atoms with van der Waals surface area (Å²) in [4.78, 5) is 12.3. The van der Waals surface area contributed by atoms with E-state index >= 15 is 0 Å². The molecule has 1 aliphatic carbocycles. The third-order valence-electron chi connectivity index (χ3n) is 4.48. The molecule has 0 spiro atoms. The van der Waals surface area contributed by atoms with Crippen LogP contribution in [0.3, 0.4) is 0 Å². The zero-order valence-corrected chi connectivity index (χ0v) is 15.6. The van der Waals surface area contributed by atoms with Crippen LogP contribution in [-0.4, -0.2) is 19.1 Å². The Labute approximate surface area is 160 Å². The van der Waals surface area contributed by atoms with Crippen LogP contribution in [0, 0.1) is 5.92 Å². The maximum atomic E-state index is 12.3. The lowest BCUT2D eigenvalue weighted by atomic mass is 9.85. The first-order valence-corrected chi connectivity index (χ1v) is 8.62. The van der Waals surface area contributed by atoms with E-state index in [1.165, 1.54) is 0 Å². The van der Waals surface area contributed by atoms with Gasteiger partial charge in [-0.1, -0.05) is 12.5 Å². The monoisotopic (exact) mass is 376 g/mol. The van der Waals surface area contributed by atoms with E-state index in [0.717, 1.165) is 37.1 Å². The van der Waals surface area contributed by atoms with Gasteiger partial charge >= 0.3 is 0 Å². The summed E-state index contributed by atoms with van der Waals surface area (Å²) in [7, 11) is 1.62. The van der Waals surface area contributed by atoms with Crippen molar-refractivity contribution >= 4 is 24.0 Å². The minimum atomic E-state index is 0. The zero-order valence-electron chi connectivity index (χ0n) is 14.8. The van der Waals surface area contributed by atoms with Crippen LogP contribution in [0.15, 0.2) is 48.5 Å². The topological polar surface area (TPSA) is 73.6 Å². The largest absolute Gasteiger partial charge is 0.497 e. The Morgan fingerprint density at radius 3 is 2.50 bits per heavy atom. The van der Waals surface area contributed by atoms with Gasteiger partial charge in [-0.05, 0) is 55.7 Å². The molecule has 0 radical (unpaired) electrons. The van der Waals surface area contributed by atoms with Crippen LogP contribution in [-0.2, 0) is 4.79 Å². The number of carbonyl (C=O) groups excluding carboxylic acids is 1. The minimum absolute atomic E-state index is 0. The summed E-state index contributed by atoms with van der Waals surface area (Å²) >= 11 is 0. The van der Waals surface area contributed by atoms with Crippen molar-refractivity contribution in [3.8, 4) is 17.2 Å². The molecule has 26 heavy (non-hydrogen) atoms. The van der Waals surface area contributed by atoms with Crippen LogP contribution >= 0.6 is 12.4 Å². The van der Waals surface area contributed by atoms with Crippen LogP contribution < -0.4 is 20.5 Å². The Morgan fingerprint density at radius 2 is 1.81 bits per heavy atom. The van der Waals surface area contributed by atoms with E-state index in [2.05, 4.69) is 5.32 Å². The number of nitrogens with two attached hydrogens (primary N) is 1. The number of anilines is 1. The maximum Gasteiger partial charge on any atom is 0.227 e. The van der Waals surface area contributed by atoms with E-state index in [1.807, 2.05) is 48.5 Å². The molecule has 6 heteroatoms. The van der Waals surface area contributed by atoms with Crippen LogP contribution in [0.2, 0.25) is 0 Å². The lowest BCUT2D eigenvalue weighted by Gasteiger charge is -2.25. The third kappa shape index (κ3) is 5.38. The minimum Gasteiger partial charge on any atom is -0.497 e. The van der Waals surface area contributed by atoms with Gasteiger partial charge in [0, 0.05) is 23.7 Å². The van der Waals surface area contributed by atoms with Gasteiger partial charge in [0.1, 0.15) is 17.2 Å². The van der Waals surface area contributed by atoms with Crippen molar-refractivity contribution in [2.45, 2.75) is 31.7 Å². The summed E-state index contributed by atoms with van der Waals surface area (Å²) in [6, 6.07) is 14.9. The number of hydrogen-bond donors (Lipinski definition) is 2. The van der Waals surface area contributed by atoms with Crippen LogP contribution in [0.4, 0.5) is 5.69 Å². The molecule has 3 rings (SSSR count). The second-order valence-corrected chi connectivity index (χ2v) is 6.42. The number of ether oxygens (including phenoxy) is 2. The molecule has 2 unspecified atom stereocenters. The van der Waals surface area contributed by atoms with Gasteiger partial charge in [0.15, 0.2) is 0 Å². The van der Waals surface area contributed by atoms with Gasteiger partial charge < -0.3 is 20.5 Å². The molecule has 0 aromatic heterocycles. The highest BCUT2D eigenvalue weighted by Crippen LogP contribution is 2.27. The number of carbonyl (C=O) groups is 1. The van der Waals surface area contributed by atoms with Gasteiger partial charge in [-0.2, -0.15) is 0 Å². The molecule has 1 amide bonds. The van der Waals surface area contributed by atoms with Gasteiger partial charge in [0.05, 0.1) is 7.11 Å². The lowest BCUT2D eigenvalue weighted by Crippen LogP contribution is -2.34. The fourth-order valence-corrected chi connectivity index (χ4v) is 3.12. The number of amides is 1. The first kappa shape index (κ1) is 20.1. The smallest absolute Gasteiger partial charge is 0.227 e. The highest BCUT2D eigenvalue weighted by molar-refractivity contribution is 5.92. The van der Waals surface area contributed by atoms with Gasteiger partial charge in [-0.25, -0.2) is 0 Å². The van der Waals surface area contributed by atoms with Crippen molar-refractivity contribution in [2.24, 2.45) is 11.7 Å². The lowest BCUT2D eigenvalue weighted by molar-refractivity contribution is -0.120. The molecule has 0 heterocycles. The van der Waals surface area contributed by atoms with E-state index in [4.69, 9.17) is 15.2 Å². The summed E-state index contributed by atoms with van der Waals surface area (Å²) in [6.45, 7) is 0. The first-order valence-electron chi connectivity index (χ1n) is 8.62. The Morgan fingerprint density at radius 1 is 1.08 bits per heavy atom. The van der Waals surface area contributed by atoms with Crippen molar-refractivity contribution in [1.82, 2.24) is 0 Å². The molecule has 0 bridgehead atoms. The van der Waals surface area contributed by atoms with E-state index in [9.17, 15) is 4.79 Å². The van der Waals surface area contributed by atoms with Crippen molar-refractivity contribution in [1.29, 1.82) is 0 Å². The van der Waals surface area contributed by atoms with Crippen LogP contribution in [0.1, 0.15) is 25.7 Å². The van der Waals surface area contributed by atoms with Gasteiger partial charge in [-0.15, -0.1) is 12.4 Å². The van der Waals surface area contributed by atoms with Gasteiger partial charge in [0.25, 0.3) is 0 Å². The summed E-state index contributed by atoms with van der Waals surface area (Å²) in [5, 5.41) is 2.97. The highest BCUT2D eigenvalue weighted by Gasteiger charge is 2.25. The normalized spacial score (nSPS) is 19.2. The zero-order chi connectivity index (χ0) is 17.6. The average molecular weight is 377 g/mol. The predicted molar refractivity (Wildman–Crippen MR) is 105 cm³/mol. The average Bonchev–Trinajstić information content (AvgIpc) is 2.63. The molecular formula is C20H25ClN2O3. The molecule has 2 atom stereocenters. The van der Waals surface area contributed by atoms with Crippen molar-refractivity contribution in [3.63, 3.8) is 0 Å². The van der Waals surface area contributed by atoms with Crippen molar-refractivity contribution in [2.75, 3.05) is 12.4 Å². The molecule has 3 N–H and O–H groups in total. The fourth-order valence-electron chi connectivity index (χ4n) is 3.12. The number of rotatable bonds is 5. The number of halogens is 1. The Kier molecular flexibility index (Phi) is 7.30. The second-order valence-electron chi connectivity index (χ2n) is 6.42. The molecule has 2 aromatic rings. The molecule has 1 aliphatic rings. The van der Waals surface area contributed by atoms with Crippen molar-refractivity contribution in [3.05, 3.63) is 48.5 Å². The number of hydrogen-bond acceptors (Lipinski definition) is 4. The molecule has 0 saturated heterocycles.